The van der Waals surface area contributed by atoms with Crippen LogP contribution in [0.3, 0.4) is 0 Å². The normalized spacial score (nSPS) is 13.4. The highest BCUT2D eigenvalue weighted by molar-refractivity contribution is 6.32. The molecule has 1 aliphatic heterocycles. The topological polar surface area (TPSA) is 58.1 Å². The Morgan fingerprint density at radius 1 is 1.32 bits per heavy atom. The number of nitrogens with one attached hydrogen (secondary N) is 1. The third-order valence-corrected chi connectivity index (χ3v) is 3.91. The molecule has 0 bridgehead atoms. The molecule has 22 heavy (non-hydrogen) atoms. The zero-order valence-electron chi connectivity index (χ0n) is 11.3. The van der Waals surface area contributed by atoms with Crippen LogP contribution in [0.4, 0.5) is 15.9 Å². The van der Waals surface area contributed by atoms with E-state index in [4.69, 9.17) is 23.2 Å². The molecule has 5 nitrogen and oxygen atoms in total. The molecule has 2 aromatic rings. The predicted octanol–water partition coefficient (Wildman–Crippen LogP) is 2.92. The Balaban J connectivity index is 1.72. The molecule has 0 fully saturated rings. The molecule has 1 aromatic carbocycles. The van der Waals surface area contributed by atoms with E-state index in [1.807, 2.05) is 0 Å². The molecule has 0 aliphatic carbocycles. The Kier molecular flexibility index (Phi) is 4.13. The first-order valence-corrected chi connectivity index (χ1v) is 7.30. The molecule has 8 heteroatoms. The van der Waals surface area contributed by atoms with E-state index in [0.29, 0.717) is 34.6 Å². The highest BCUT2D eigenvalue weighted by Gasteiger charge is 2.31. The standard InChI is InChI=1S/C14H11Cl2FN4O/c15-9-1-2-10(17)14-8(9)5-13(22)21(14)4-3-18-12-6-11(16)19-7-20-12/h1-2,6-7H,3-5H2,(H,18,19,20). The number of amides is 1. The number of aromatic nitrogens is 2. The highest BCUT2D eigenvalue weighted by atomic mass is 35.5. The third kappa shape index (κ3) is 2.84. The quantitative estimate of drug-likeness (QED) is 0.869. The van der Waals surface area contributed by atoms with Gasteiger partial charge in [0.15, 0.2) is 0 Å². The summed E-state index contributed by atoms with van der Waals surface area (Å²) in [5.74, 6) is -0.0849. The summed E-state index contributed by atoms with van der Waals surface area (Å²) in [5.41, 5.74) is 0.803. The number of carbonyl (C=O) groups is 1. The summed E-state index contributed by atoms with van der Waals surface area (Å²) >= 11 is 11.8. The summed E-state index contributed by atoms with van der Waals surface area (Å²) in [6.45, 7) is 0.690. The molecule has 114 valence electrons. The minimum Gasteiger partial charge on any atom is -0.368 e. The zero-order valence-corrected chi connectivity index (χ0v) is 12.8. The van der Waals surface area contributed by atoms with Crippen molar-refractivity contribution < 1.29 is 9.18 Å². The van der Waals surface area contributed by atoms with Crippen LogP contribution in [0.1, 0.15) is 5.56 Å². The average molecular weight is 341 g/mol. The van der Waals surface area contributed by atoms with Crippen LogP contribution >= 0.6 is 23.2 Å². The summed E-state index contributed by atoms with van der Waals surface area (Å²) < 4.78 is 14.0. The number of hydrogen-bond donors (Lipinski definition) is 1. The fraction of sp³-hybridized carbons (Fsp3) is 0.214. The fourth-order valence-electron chi connectivity index (χ4n) is 2.38. The summed E-state index contributed by atoms with van der Waals surface area (Å²) in [7, 11) is 0. The van der Waals surface area contributed by atoms with Crippen LogP contribution in [-0.4, -0.2) is 29.0 Å². The largest absolute Gasteiger partial charge is 0.368 e. The Hall–Kier alpha value is -1.92. The average Bonchev–Trinajstić information content (AvgIpc) is 2.82. The van der Waals surface area contributed by atoms with E-state index >= 15 is 0 Å². The van der Waals surface area contributed by atoms with Gasteiger partial charge in [-0.05, 0) is 12.1 Å². The van der Waals surface area contributed by atoms with Crippen molar-refractivity contribution in [2.24, 2.45) is 0 Å². The second-order valence-corrected chi connectivity index (χ2v) is 5.53. The molecule has 1 aromatic heterocycles. The number of halogens is 3. The molecule has 1 amide bonds. The van der Waals surface area contributed by atoms with Crippen molar-refractivity contribution in [3.05, 3.63) is 46.1 Å². The van der Waals surface area contributed by atoms with Gasteiger partial charge in [-0.1, -0.05) is 23.2 Å². The molecular formula is C14H11Cl2FN4O. The first-order valence-electron chi connectivity index (χ1n) is 6.55. The molecule has 0 spiro atoms. The van der Waals surface area contributed by atoms with E-state index < -0.39 is 5.82 Å². The van der Waals surface area contributed by atoms with E-state index in [-0.39, 0.29) is 18.0 Å². The van der Waals surface area contributed by atoms with Crippen molar-refractivity contribution in [2.75, 3.05) is 23.3 Å². The predicted molar refractivity (Wildman–Crippen MR) is 83.0 cm³/mol. The van der Waals surface area contributed by atoms with Gasteiger partial charge in [-0.2, -0.15) is 0 Å². The minimum absolute atomic E-state index is 0.116. The van der Waals surface area contributed by atoms with E-state index in [1.165, 1.54) is 23.4 Å². The number of carbonyl (C=O) groups excluding carboxylic acids is 1. The van der Waals surface area contributed by atoms with Crippen LogP contribution in [0.2, 0.25) is 10.2 Å². The summed E-state index contributed by atoms with van der Waals surface area (Å²) in [6, 6.07) is 4.30. The van der Waals surface area contributed by atoms with Gasteiger partial charge in [-0.25, -0.2) is 14.4 Å². The Morgan fingerprint density at radius 3 is 2.91 bits per heavy atom. The summed E-state index contributed by atoms with van der Waals surface area (Å²) in [6.07, 6.45) is 1.45. The van der Waals surface area contributed by atoms with Crippen molar-refractivity contribution in [2.45, 2.75) is 6.42 Å². The maximum Gasteiger partial charge on any atom is 0.231 e. The first kappa shape index (κ1) is 15.0. The van der Waals surface area contributed by atoms with Crippen molar-refractivity contribution in [1.29, 1.82) is 0 Å². The number of benzene rings is 1. The molecule has 2 heterocycles. The Morgan fingerprint density at radius 2 is 2.14 bits per heavy atom. The minimum atomic E-state index is -0.449. The summed E-state index contributed by atoms with van der Waals surface area (Å²) in [5, 5.41) is 3.74. The molecule has 1 N–H and O–H groups in total. The van der Waals surface area contributed by atoms with Gasteiger partial charge >= 0.3 is 0 Å². The number of anilines is 2. The lowest BCUT2D eigenvalue weighted by Gasteiger charge is -2.18. The number of nitrogens with zero attached hydrogens (tertiary/aromatic N) is 3. The lowest BCUT2D eigenvalue weighted by atomic mass is 10.1. The van der Waals surface area contributed by atoms with Gasteiger partial charge in [-0.3, -0.25) is 4.79 Å². The number of fused-ring (bicyclic) bond motifs is 1. The van der Waals surface area contributed by atoms with E-state index in [0.717, 1.165) is 0 Å². The van der Waals surface area contributed by atoms with Crippen LogP contribution in [0.25, 0.3) is 0 Å². The van der Waals surface area contributed by atoms with Crippen LogP contribution in [0.5, 0.6) is 0 Å². The zero-order chi connectivity index (χ0) is 15.7. The van der Waals surface area contributed by atoms with E-state index in [2.05, 4.69) is 15.3 Å². The van der Waals surface area contributed by atoms with Gasteiger partial charge in [0.25, 0.3) is 0 Å². The molecule has 3 rings (SSSR count). The molecule has 0 atom stereocenters. The van der Waals surface area contributed by atoms with Gasteiger partial charge in [0, 0.05) is 29.7 Å². The van der Waals surface area contributed by atoms with Gasteiger partial charge in [0.05, 0.1) is 12.1 Å². The SMILES string of the molecule is O=C1Cc2c(Cl)ccc(F)c2N1CCNc1cc(Cl)ncn1. The van der Waals surface area contributed by atoms with Crippen LogP contribution in [0, 0.1) is 5.82 Å². The molecule has 0 saturated carbocycles. The summed E-state index contributed by atoms with van der Waals surface area (Å²) in [4.78, 5) is 21.2. The van der Waals surface area contributed by atoms with Crippen LogP contribution in [0.15, 0.2) is 24.5 Å². The molecule has 0 unspecified atom stereocenters. The lowest BCUT2D eigenvalue weighted by molar-refractivity contribution is -0.117. The van der Waals surface area contributed by atoms with Gasteiger partial charge in [0.1, 0.15) is 23.1 Å². The van der Waals surface area contributed by atoms with Crippen LogP contribution in [-0.2, 0) is 11.2 Å². The highest BCUT2D eigenvalue weighted by Crippen LogP contribution is 2.36. The molecule has 1 aliphatic rings. The number of rotatable bonds is 4. The van der Waals surface area contributed by atoms with E-state index in [9.17, 15) is 9.18 Å². The first-order chi connectivity index (χ1) is 10.6. The smallest absolute Gasteiger partial charge is 0.231 e. The third-order valence-electron chi connectivity index (χ3n) is 3.35. The Labute approximate surface area is 136 Å². The van der Waals surface area contributed by atoms with Crippen molar-refractivity contribution in [1.82, 2.24) is 9.97 Å². The second kappa shape index (κ2) is 6.06. The lowest BCUT2D eigenvalue weighted by Crippen LogP contribution is -2.32. The van der Waals surface area contributed by atoms with Crippen molar-refractivity contribution >= 4 is 40.6 Å². The maximum atomic E-state index is 14.0. The van der Waals surface area contributed by atoms with Crippen LogP contribution < -0.4 is 10.2 Å². The molecule has 0 radical (unpaired) electrons. The fourth-order valence-corrected chi connectivity index (χ4v) is 2.74. The van der Waals surface area contributed by atoms with Gasteiger partial charge < -0.3 is 10.2 Å². The van der Waals surface area contributed by atoms with Crippen molar-refractivity contribution in [3.63, 3.8) is 0 Å². The monoisotopic (exact) mass is 340 g/mol. The second-order valence-electron chi connectivity index (χ2n) is 4.73. The molecular weight excluding hydrogens is 330 g/mol. The number of hydrogen-bond acceptors (Lipinski definition) is 4. The van der Waals surface area contributed by atoms with Crippen molar-refractivity contribution in [3.8, 4) is 0 Å². The Bertz CT molecular complexity index is 741. The van der Waals surface area contributed by atoms with Gasteiger partial charge in [0.2, 0.25) is 5.91 Å². The maximum absolute atomic E-state index is 14.0. The van der Waals surface area contributed by atoms with E-state index in [1.54, 1.807) is 6.07 Å². The van der Waals surface area contributed by atoms with Gasteiger partial charge in [-0.15, -0.1) is 0 Å². The molecule has 0 saturated heterocycles.